The van der Waals surface area contributed by atoms with Gasteiger partial charge in [0, 0.05) is 37.0 Å². The molecule has 1 saturated heterocycles. The van der Waals surface area contributed by atoms with Crippen molar-refractivity contribution in [3.05, 3.63) is 17.0 Å². The van der Waals surface area contributed by atoms with E-state index in [2.05, 4.69) is 10.6 Å². The third kappa shape index (κ3) is 5.02. The normalized spacial score (nSPS) is 17.6. The van der Waals surface area contributed by atoms with Crippen molar-refractivity contribution in [1.82, 2.24) is 14.9 Å². The molecule has 0 aliphatic carbocycles. The highest BCUT2D eigenvalue weighted by Crippen LogP contribution is 2.27. The summed E-state index contributed by atoms with van der Waals surface area (Å²) in [5.74, 6) is -0.0598. The number of hydrogen-bond donors (Lipinski definition) is 2. The van der Waals surface area contributed by atoms with Gasteiger partial charge in [-0.2, -0.15) is 4.31 Å². The Morgan fingerprint density at radius 2 is 2.00 bits per heavy atom. The Bertz CT molecular complexity index is 637. The summed E-state index contributed by atoms with van der Waals surface area (Å²) in [7, 11) is -1.53. The van der Waals surface area contributed by atoms with Crippen LogP contribution in [0.1, 0.15) is 31.1 Å². The van der Waals surface area contributed by atoms with E-state index < -0.39 is 10.0 Å². The molecule has 1 aliphatic heterocycles. The topological polar surface area (TPSA) is 78.5 Å². The summed E-state index contributed by atoms with van der Waals surface area (Å²) in [5, 5.41) is 5.87. The molecule has 1 aromatic rings. The highest BCUT2D eigenvalue weighted by Gasteiger charge is 2.27. The first-order valence-corrected chi connectivity index (χ1v) is 10.7. The fraction of sp³-hybridized carbons (Fsp3) is 0.688. The van der Waals surface area contributed by atoms with E-state index in [4.69, 9.17) is 0 Å². The SMILES string of the molecule is CNCC(C)C(=O)NCCc1ccc(S(=O)(=O)N2CCCCC2)s1. The monoisotopic (exact) mass is 373 g/mol. The van der Waals surface area contributed by atoms with Crippen LogP contribution in [-0.4, -0.2) is 51.9 Å². The number of carbonyl (C=O) groups excluding carboxylic acids is 1. The molecule has 136 valence electrons. The van der Waals surface area contributed by atoms with Crippen molar-refractivity contribution < 1.29 is 13.2 Å². The van der Waals surface area contributed by atoms with E-state index in [9.17, 15) is 13.2 Å². The van der Waals surface area contributed by atoms with Crippen LogP contribution in [0.4, 0.5) is 0 Å². The molecule has 1 aromatic heterocycles. The summed E-state index contributed by atoms with van der Waals surface area (Å²) >= 11 is 1.31. The minimum absolute atomic E-state index is 0.0158. The molecule has 1 amide bonds. The fourth-order valence-electron chi connectivity index (χ4n) is 2.75. The van der Waals surface area contributed by atoms with Crippen LogP contribution in [0.2, 0.25) is 0 Å². The zero-order valence-corrected chi connectivity index (χ0v) is 16.0. The first kappa shape index (κ1) is 19.4. The number of carbonyl (C=O) groups is 1. The molecule has 0 spiro atoms. The van der Waals surface area contributed by atoms with Crippen molar-refractivity contribution in [2.24, 2.45) is 5.92 Å². The lowest BCUT2D eigenvalue weighted by Gasteiger charge is -2.25. The van der Waals surface area contributed by atoms with E-state index in [1.54, 1.807) is 10.4 Å². The van der Waals surface area contributed by atoms with Crippen LogP contribution in [0, 0.1) is 5.92 Å². The summed E-state index contributed by atoms with van der Waals surface area (Å²) in [5.41, 5.74) is 0. The van der Waals surface area contributed by atoms with Gasteiger partial charge in [0.25, 0.3) is 10.0 Å². The van der Waals surface area contributed by atoms with Gasteiger partial charge in [-0.3, -0.25) is 4.79 Å². The predicted molar refractivity (Wildman–Crippen MR) is 96.7 cm³/mol. The molecule has 6 nitrogen and oxygen atoms in total. The summed E-state index contributed by atoms with van der Waals surface area (Å²) in [6, 6.07) is 3.54. The maximum absolute atomic E-state index is 12.6. The van der Waals surface area contributed by atoms with Crippen LogP contribution >= 0.6 is 11.3 Å². The number of amides is 1. The van der Waals surface area contributed by atoms with Crippen LogP contribution in [0.5, 0.6) is 0 Å². The lowest BCUT2D eigenvalue weighted by atomic mass is 10.1. The van der Waals surface area contributed by atoms with Crippen molar-refractivity contribution in [1.29, 1.82) is 0 Å². The molecule has 1 atom stereocenters. The van der Waals surface area contributed by atoms with Gasteiger partial charge in [0.15, 0.2) is 0 Å². The van der Waals surface area contributed by atoms with Crippen LogP contribution in [-0.2, 0) is 21.2 Å². The molecule has 1 aliphatic rings. The Morgan fingerprint density at radius 3 is 2.67 bits per heavy atom. The maximum atomic E-state index is 12.6. The third-order valence-corrected chi connectivity index (χ3v) is 7.69. The molecule has 0 saturated carbocycles. The van der Waals surface area contributed by atoms with E-state index in [1.807, 2.05) is 20.0 Å². The number of nitrogens with zero attached hydrogens (tertiary/aromatic N) is 1. The van der Waals surface area contributed by atoms with E-state index in [-0.39, 0.29) is 11.8 Å². The molecule has 0 radical (unpaired) electrons. The zero-order chi connectivity index (χ0) is 17.6. The average Bonchev–Trinajstić information content (AvgIpc) is 3.05. The van der Waals surface area contributed by atoms with Crippen molar-refractivity contribution in [3.63, 3.8) is 0 Å². The molecule has 2 heterocycles. The zero-order valence-electron chi connectivity index (χ0n) is 14.4. The van der Waals surface area contributed by atoms with Crippen molar-refractivity contribution in [2.45, 2.75) is 36.8 Å². The Balaban J connectivity index is 1.87. The van der Waals surface area contributed by atoms with Gasteiger partial charge < -0.3 is 10.6 Å². The van der Waals surface area contributed by atoms with Gasteiger partial charge in [-0.25, -0.2) is 8.42 Å². The van der Waals surface area contributed by atoms with Crippen LogP contribution in [0.25, 0.3) is 0 Å². The Morgan fingerprint density at radius 1 is 1.29 bits per heavy atom. The van der Waals surface area contributed by atoms with Gasteiger partial charge in [0.2, 0.25) is 5.91 Å². The Labute approximate surface area is 148 Å². The molecular formula is C16H27N3O3S2. The van der Waals surface area contributed by atoms with Gasteiger partial charge in [0.05, 0.1) is 0 Å². The smallest absolute Gasteiger partial charge is 0.252 e. The first-order valence-electron chi connectivity index (χ1n) is 8.46. The predicted octanol–water partition coefficient (Wildman–Crippen LogP) is 1.44. The number of thiophene rings is 1. The third-order valence-electron chi connectivity index (χ3n) is 4.17. The maximum Gasteiger partial charge on any atom is 0.252 e. The minimum Gasteiger partial charge on any atom is -0.355 e. The first-order chi connectivity index (χ1) is 11.4. The van der Waals surface area contributed by atoms with Crippen LogP contribution in [0.3, 0.4) is 0 Å². The molecule has 1 unspecified atom stereocenters. The number of nitrogens with one attached hydrogen (secondary N) is 2. The molecule has 0 aromatic carbocycles. The fourth-order valence-corrected chi connectivity index (χ4v) is 5.77. The molecule has 0 bridgehead atoms. The van der Waals surface area contributed by atoms with E-state index >= 15 is 0 Å². The van der Waals surface area contributed by atoms with Crippen LogP contribution < -0.4 is 10.6 Å². The van der Waals surface area contributed by atoms with Crippen LogP contribution in [0.15, 0.2) is 16.3 Å². The number of rotatable bonds is 8. The van der Waals surface area contributed by atoms with Crippen molar-refractivity contribution in [2.75, 3.05) is 33.2 Å². The molecular weight excluding hydrogens is 346 g/mol. The number of sulfonamides is 1. The molecule has 2 rings (SSSR count). The Hall–Kier alpha value is -0.960. The summed E-state index contributed by atoms with van der Waals surface area (Å²) in [4.78, 5) is 12.8. The highest BCUT2D eigenvalue weighted by atomic mass is 32.2. The van der Waals surface area contributed by atoms with Gasteiger partial charge in [-0.15, -0.1) is 11.3 Å². The largest absolute Gasteiger partial charge is 0.355 e. The second-order valence-electron chi connectivity index (χ2n) is 6.19. The van der Waals surface area contributed by atoms with Gasteiger partial charge in [-0.05, 0) is 38.4 Å². The van der Waals surface area contributed by atoms with Crippen molar-refractivity contribution in [3.8, 4) is 0 Å². The van der Waals surface area contributed by atoms with E-state index in [0.717, 1.165) is 24.1 Å². The highest BCUT2D eigenvalue weighted by molar-refractivity contribution is 7.91. The van der Waals surface area contributed by atoms with Gasteiger partial charge in [0.1, 0.15) is 4.21 Å². The number of hydrogen-bond acceptors (Lipinski definition) is 5. The minimum atomic E-state index is -3.35. The average molecular weight is 374 g/mol. The van der Waals surface area contributed by atoms with E-state index in [1.165, 1.54) is 11.3 Å². The molecule has 2 N–H and O–H groups in total. The summed E-state index contributed by atoms with van der Waals surface area (Å²) < 4.78 is 27.2. The number of piperidine rings is 1. The quantitative estimate of drug-likeness (QED) is 0.723. The lowest BCUT2D eigenvalue weighted by Crippen LogP contribution is -2.35. The second kappa shape index (κ2) is 8.94. The lowest BCUT2D eigenvalue weighted by molar-refractivity contribution is -0.124. The standard InChI is InChI=1S/C16H27N3O3S2/c1-13(12-17-2)16(20)18-9-8-14-6-7-15(23-14)24(21,22)19-10-4-3-5-11-19/h6-7,13,17H,3-5,8-12H2,1-2H3,(H,18,20). The summed E-state index contributed by atoms with van der Waals surface area (Å²) in [6.07, 6.45) is 3.63. The van der Waals surface area contributed by atoms with Crippen molar-refractivity contribution >= 4 is 27.3 Å². The molecule has 1 fully saturated rings. The molecule has 24 heavy (non-hydrogen) atoms. The Kier molecular flexibility index (Phi) is 7.21. The molecule has 8 heteroatoms. The van der Waals surface area contributed by atoms with E-state index in [0.29, 0.717) is 36.8 Å². The van der Waals surface area contributed by atoms with Gasteiger partial charge in [-0.1, -0.05) is 13.3 Å². The second-order valence-corrected chi connectivity index (χ2v) is 9.52. The summed E-state index contributed by atoms with van der Waals surface area (Å²) in [6.45, 7) is 4.28. The van der Waals surface area contributed by atoms with Gasteiger partial charge >= 0.3 is 0 Å².